The predicted molar refractivity (Wildman–Crippen MR) is 95.5 cm³/mol. The molecular formula is C17H32O7Si. The highest BCUT2D eigenvalue weighted by atomic mass is 28.4. The number of hydrogen-bond donors (Lipinski definition) is 0. The topological polar surface area (TPSA) is 88.1 Å². The second kappa shape index (κ2) is 9.33. The van der Waals surface area contributed by atoms with Gasteiger partial charge in [0.25, 0.3) is 0 Å². The summed E-state index contributed by atoms with van der Waals surface area (Å²) < 4.78 is 20.7. The van der Waals surface area contributed by atoms with Gasteiger partial charge in [-0.25, -0.2) is 14.4 Å². The summed E-state index contributed by atoms with van der Waals surface area (Å²) in [5.41, 5.74) is 0. The molecule has 25 heavy (non-hydrogen) atoms. The van der Waals surface area contributed by atoms with Gasteiger partial charge in [0, 0.05) is 0 Å². The lowest BCUT2D eigenvalue weighted by atomic mass is 10.2. The van der Waals surface area contributed by atoms with Gasteiger partial charge in [-0.3, -0.25) is 0 Å². The standard InChI is InChI=1S/C17H32O7Si/c1-10-21-14(18)11(2)22-15(19)12(3)23-16(20)13(4)24-25(8,9)17(5,6)7/h11-13H,10H2,1-9H3/t11-,12-,13+/m0/s1. The Morgan fingerprint density at radius 2 is 1.24 bits per heavy atom. The molecule has 0 spiro atoms. The number of carbonyl (C=O) groups is 3. The molecule has 0 amide bonds. The van der Waals surface area contributed by atoms with Crippen LogP contribution in [0.1, 0.15) is 48.5 Å². The molecule has 0 aliphatic rings. The monoisotopic (exact) mass is 376 g/mol. The molecule has 0 fully saturated rings. The van der Waals surface area contributed by atoms with Crippen molar-refractivity contribution in [1.82, 2.24) is 0 Å². The maximum atomic E-state index is 12.2. The fraction of sp³-hybridized carbons (Fsp3) is 0.824. The van der Waals surface area contributed by atoms with E-state index >= 15 is 0 Å². The van der Waals surface area contributed by atoms with Gasteiger partial charge in [0.2, 0.25) is 0 Å². The molecule has 0 aromatic heterocycles. The van der Waals surface area contributed by atoms with E-state index in [1.807, 2.05) is 13.1 Å². The largest absolute Gasteiger partial charge is 0.463 e. The molecule has 0 aliphatic carbocycles. The van der Waals surface area contributed by atoms with Crippen LogP contribution in [0.25, 0.3) is 0 Å². The van der Waals surface area contributed by atoms with E-state index < -0.39 is 44.5 Å². The minimum Gasteiger partial charge on any atom is -0.463 e. The molecule has 146 valence electrons. The minimum absolute atomic E-state index is 0.0544. The third kappa shape index (κ3) is 7.56. The predicted octanol–water partition coefficient (Wildman–Crippen LogP) is 2.82. The molecule has 0 bridgehead atoms. The van der Waals surface area contributed by atoms with Crippen LogP contribution >= 0.6 is 0 Å². The summed E-state index contributed by atoms with van der Waals surface area (Å²) >= 11 is 0. The Bertz CT molecular complexity index is 482. The van der Waals surface area contributed by atoms with Crippen LogP contribution in [0, 0.1) is 0 Å². The van der Waals surface area contributed by atoms with E-state index in [0.717, 1.165) is 0 Å². The zero-order valence-electron chi connectivity index (χ0n) is 16.8. The lowest BCUT2D eigenvalue weighted by molar-refractivity contribution is -0.178. The SMILES string of the molecule is CCOC(=O)[C@H](C)OC(=O)[C@H](C)OC(=O)[C@@H](C)O[Si](C)(C)C(C)(C)C. The first-order valence-electron chi connectivity index (χ1n) is 8.48. The third-order valence-electron chi connectivity index (χ3n) is 4.15. The Labute approximate surface area is 151 Å². The third-order valence-corrected chi connectivity index (χ3v) is 8.70. The van der Waals surface area contributed by atoms with Crippen LogP contribution in [0.4, 0.5) is 0 Å². The molecule has 7 nitrogen and oxygen atoms in total. The molecular weight excluding hydrogens is 344 g/mol. The highest BCUT2D eigenvalue weighted by molar-refractivity contribution is 6.74. The fourth-order valence-corrected chi connectivity index (χ4v) is 2.90. The summed E-state index contributed by atoms with van der Waals surface area (Å²) in [6.07, 6.45) is -3.00. The first kappa shape index (κ1) is 23.6. The molecule has 0 radical (unpaired) electrons. The van der Waals surface area contributed by atoms with Crippen molar-refractivity contribution in [2.24, 2.45) is 0 Å². The average molecular weight is 377 g/mol. The zero-order valence-corrected chi connectivity index (χ0v) is 17.8. The van der Waals surface area contributed by atoms with Crippen molar-refractivity contribution in [3.8, 4) is 0 Å². The number of hydrogen-bond acceptors (Lipinski definition) is 7. The molecule has 8 heteroatoms. The van der Waals surface area contributed by atoms with E-state index in [-0.39, 0.29) is 11.6 Å². The van der Waals surface area contributed by atoms with Crippen LogP contribution in [0.2, 0.25) is 18.1 Å². The first-order chi connectivity index (χ1) is 11.2. The maximum absolute atomic E-state index is 12.2. The van der Waals surface area contributed by atoms with Crippen LogP contribution in [-0.4, -0.2) is 51.1 Å². The van der Waals surface area contributed by atoms with Gasteiger partial charge in [0.05, 0.1) is 6.61 Å². The lowest BCUT2D eigenvalue weighted by Crippen LogP contribution is -2.46. The number of esters is 3. The summed E-state index contributed by atoms with van der Waals surface area (Å²) in [4.78, 5) is 35.5. The van der Waals surface area contributed by atoms with E-state index in [4.69, 9.17) is 18.6 Å². The summed E-state index contributed by atoms with van der Waals surface area (Å²) in [6.45, 7) is 16.5. The van der Waals surface area contributed by atoms with Gasteiger partial charge >= 0.3 is 17.9 Å². The molecule has 0 aliphatic heterocycles. The molecule has 0 saturated heterocycles. The lowest BCUT2D eigenvalue weighted by Gasteiger charge is -2.37. The van der Waals surface area contributed by atoms with Gasteiger partial charge in [-0.1, -0.05) is 20.8 Å². The van der Waals surface area contributed by atoms with Crippen molar-refractivity contribution in [3.05, 3.63) is 0 Å². The highest BCUT2D eigenvalue weighted by Crippen LogP contribution is 2.37. The van der Waals surface area contributed by atoms with Crippen LogP contribution in [0.3, 0.4) is 0 Å². The van der Waals surface area contributed by atoms with Crippen molar-refractivity contribution < 1.29 is 33.0 Å². The molecule has 0 rings (SSSR count). The van der Waals surface area contributed by atoms with Gasteiger partial charge in [-0.05, 0) is 45.8 Å². The number of rotatable bonds is 8. The molecule has 0 heterocycles. The second-order valence-corrected chi connectivity index (χ2v) is 12.2. The van der Waals surface area contributed by atoms with Gasteiger partial charge < -0.3 is 18.6 Å². The van der Waals surface area contributed by atoms with Crippen molar-refractivity contribution in [2.75, 3.05) is 6.61 Å². The molecule has 0 aromatic carbocycles. The molecule has 0 N–H and O–H groups in total. The van der Waals surface area contributed by atoms with E-state index in [1.54, 1.807) is 13.8 Å². The smallest absolute Gasteiger partial charge is 0.347 e. The fourth-order valence-electron chi connectivity index (χ4n) is 1.56. The van der Waals surface area contributed by atoms with E-state index in [2.05, 4.69) is 20.8 Å². The maximum Gasteiger partial charge on any atom is 0.347 e. The highest BCUT2D eigenvalue weighted by Gasteiger charge is 2.40. The van der Waals surface area contributed by atoms with Crippen molar-refractivity contribution >= 4 is 26.2 Å². The summed E-state index contributed by atoms with van der Waals surface area (Å²) in [5.74, 6) is -2.10. The van der Waals surface area contributed by atoms with E-state index in [0.29, 0.717) is 0 Å². The van der Waals surface area contributed by atoms with E-state index in [9.17, 15) is 14.4 Å². The Morgan fingerprint density at radius 3 is 1.64 bits per heavy atom. The molecule has 0 saturated carbocycles. The van der Waals surface area contributed by atoms with Crippen molar-refractivity contribution in [1.29, 1.82) is 0 Å². The molecule has 0 aromatic rings. The Kier molecular flexibility index (Phi) is 8.80. The minimum atomic E-state index is -2.14. The summed E-state index contributed by atoms with van der Waals surface area (Å²) in [7, 11) is -2.14. The average Bonchev–Trinajstić information content (AvgIpc) is 2.45. The van der Waals surface area contributed by atoms with Crippen molar-refractivity contribution in [3.63, 3.8) is 0 Å². The van der Waals surface area contributed by atoms with Gasteiger partial charge in [0.15, 0.2) is 20.5 Å². The van der Waals surface area contributed by atoms with E-state index in [1.165, 1.54) is 13.8 Å². The second-order valence-electron chi connectivity index (χ2n) is 7.43. The van der Waals surface area contributed by atoms with Crippen LogP contribution in [0.15, 0.2) is 0 Å². The van der Waals surface area contributed by atoms with Crippen molar-refractivity contribution in [2.45, 2.75) is 84.9 Å². The number of ether oxygens (including phenoxy) is 3. The Morgan fingerprint density at radius 1 is 0.840 bits per heavy atom. The molecule has 0 unspecified atom stereocenters. The van der Waals surface area contributed by atoms with Gasteiger partial charge in [-0.15, -0.1) is 0 Å². The van der Waals surface area contributed by atoms with Crippen LogP contribution < -0.4 is 0 Å². The van der Waals surface area contributed by atoms with Crippen LogP contribution in [0.5, 0.6) is 0 Å². The quantitative estimate of drug-likeness (QED) is 0.365. The first-order valence-corrected chi connectivity index (χ1v) is 11.4. The zero-order chi connectivity index (χ0) is 20.0. The summed E-state index contributed by atoms with van der Waals surface area (Å²) in [6, 6.07) is 0. The Hall–Kier alpha value is -1.41. The number of carbonyl (C=O) groups excluding carboxylic acids is 3. The Balaban J connectivity index is 4.63. The van der Waals surface area contributed by atoms with Gasteiger partial charge in [0.1, 0.15) is 6.10 Å². The summed E-state index contributed by atoms with van der Waals surface area (Å²) in [5, 5.41) is -0.0544. The molecule has 3 atom stereocenters. The normalized spacial score (nSPS) is 15.7. The van der Waals surface area contributed by atoms with Crippen LogP contribution in [-0.2, 0) is 33.0 Å². The van der Waals surface area contributed by atoms with Gasteiger partial charge in [-0.2, -0.15) is 0 Å².